The fourth-order valence-electron chi connectivity index (χ4n) is 2.61. The molecule has 0 spiro atoms. The molecule has 0 aromatic carbocycles. The van der Waals surface area contributed by atoms with Crippen molar-refractivity contribution >= 4 is 11.8 Å². The van der Waals surface area contributed by atoms with Crippen LogP contribution in [0.1, 0.15) is 5.69 Å². The van der Waals surface area contributed by atoms with E-state index in [-0.39, 0.29) is 30.6 Å². The number of ether oxygens (including phenoxy) is 1. The Morgan fingerprint density at radius 3 is 2.67 bits per heavy atom. The Balaban J connectivity index is 1.58. The first-order chi connectivity index (χ1) is 12.9. The Morgan fingerprint density at radius 2 is 2.07 bits per heavy atom. The van der Waals surface area contributed by atoms with Crippen molar-refractivity contribution < 1.29 is 31.5 Å². The number of rotatable bonds is 5. The predicted molar refractivity (Wildman–Crippen MR) is 84.6 cm³/mol. The number of carbonyl (C=O) groups excluding carboxylic acids is 1. The summed E-state index contributed by atoms with van der Waals surface area (Å²) < 4.78 is 51.4. The second kappa shape index (κ2) is 7.71. The minimum Gasteiger partial charge on any atom is -0.459 e. The molecule has 1 fully saturated rings. The maximum atomic E-state index is 12.1. The van der Waals surface area contributed by atoms with Crippen molar-refractivity contribution in [3.8, 4) is 17.7 Å². The van der Waals surface area contributed by atoms with Gasteiger partial charge in [0, 0.05) is 26.2 Å². The number of alkyl halides is 3. The number of amides is 1. The van der Waals surface area contributed by atoms with Crippen LogP contribution >= 0.6 is 0 Å². The molecule has 1 aliphatic rings. The lowest BCUT2D eigenvalue weighted by Gasteiger charge is -2.34. The van der Waals surface area contributed by atoms with E-state index in [1.54, 1.807) is 17.0 Å². The third-order valence-corrected chi connectivity index (χ3v) is 3.86. The number of hydrogen-bond donors (Lipinski definition) is 0. The molecule has 0 N–H and O–H groups in total. The maximum Gasteiger partial charge on any atom is 0.411 e. The smallest absolute Gasteiger partial charge is 0.411 e. The summed E-state index contributed by atoms with van der Waals surface area (Å²) in [5.74, 6) is 0.302. The first-order valence-corrected chi connectivity index (χ1v) is 7.99. The van der Waals surface area contributed by atoms with Crippen LogP contribution in [0.3, 0.4) is 0 Å². The normalized spacial score (nSPS) is 15.0. The molecule has 11 heteroatoms. The van der Waals surface area contributed by atoms with Crippen molar-refractivity contribution in [3.63, 3.8) is 0 Å². The van der Waals surface area contributed by atoms with E-state index in [0.717, 1.165) is 0 Å². The molecule has 1 aliphatic heterocycles. The van der Waals surface area contributed by atoms with E-state index in [2.05, 4.69) is 9.72 Å². The van der Waals surface area contributed by atoms with Crippen LogP contribution in [0.25, 0.3) is 11.7 Å². The van der Waals surface area contributed by atoms with Gasteiger partial charge in [0.15, 0.2) is 5.76 Å². The molecular weight excluding hydrogens is 369 g/mol. The van der Waals surface area contributed by atoms with Crippen molar-refractivity contribution in [2.24, 2.45) is 0 Å². The molecule has 0 saturated carbocycles. The number of nitrogens with zero attached hydrogens (tertiary/aromatic N) is 4. The van der Waals surface area contributed by atoms with Gasteiger partial charge in [-0.05, 0) is 12.1 Å². The summed E-state index contributed by atoms with van der Waals surface area (Å²) in [6.45, 7) is -0.892. The second-order valence-electron chi connectivity index (χ2n) is 5.74. The van der Waals surface area contributed by atoms with E-state index in [1.807, 2.05) is 6.07 Å². The average molecular weight is 384 g/mol. The highest BCUT2D eigenvalue weighted by molar-refractivity contribution is 5.77. The van der Waals surface area contributed by atoms with Crippen molar-refractivity contribution in [2.45, 2.75) is 6.18 Å². The molecule has 8 nitrogen and oxygen atoms in total. The van der Waals surface area contributed by atoms with Crippen molar-refractivity contribution in [1.82, 2.24) is 9.88 Å². The van der Waals surface area contributed by atoms with Crippen molar-refractivity contribution in [3.05, 3.63) is 24.1 Å². The molecule has 0 atom stereocenters. The number of nitriles is 1. The highest BCUT2D eigenvalue weighted by Gasteiger charge is 2.30. The van der Waals surface area contributed by atoms with E-state index in [1.165, 1.54) is 11.2 Å². The first-order valence-electron chi connectivity index (χ1n) is 7.99. The van der Waals surface area contributed by atoms with Crippen molar-refractivity contribution in [1.29, 1.82) is 5.26 Å². The van der Waals surface area contributed by atoms with Crippen LogP contribution in [0.5, 0.6) is 0 Å². The first kappa shape index (κ1) is 18.8. The lowest BCUT2D eigenvalue weighted by Crippen LogP contribution is -2.50. The van der Waals surface area contributed by atoms with Gasteiger partial charge in [-0.3, -0.25) is 4.79 Å². The van der Waals surface area contributed by atoms with Crippen LogP contribution in [0.4, 0.5) is 19.1 Å². The number of halogens is 3. The van der Waals surface area contributed by atoms with Gasteiger partial charge < -0.3 is 23.4 Å². The largest absolute Gasteiger partial charge is 0.459 e. The highest BCUT2D eigenvalue weighted by atomic mass is 19.4. The van der Waals surface area contributed by atoms with Crippen LogP contribution in [-0.4, -0.2) is 61.4 Å². The minimum absolute atomic E-state index is 0.0923. The zero-order valence-corrected chi connectivity index (χ0v) is 14.0. The number of hydrogen-bond acceptors (Lipinski definition) is 7. The molecule has 1 amide bonds. The summed E-state index contributed by atoms with van der Waals surface area (Å²) >= 11 is 0. The van der Waals surface area contributed by atoms with Gasteiger partial charge in [0.1, 0.15) is 19.3 Å². The number of oxazole rings is 1. The van der Waals surface area contributed by atoms with Gasteiger partial charge in [0.05, 0.1) is 6.26 Å². The Morgan fingerprint density at radius 1 is 1.33 bits per heavy atom. The molecule has 2 aromatic heterocycles. The van der Waals surface area contributed by atoms with Crippen LogP contribution in [0.15, 0.2) is 27.2 Å². The molecule has 0 radical (unpaired) electrons. The summed E-state index contributed by atoms with van der Waals surface area (Å²) in [6.07, 6.45) is -3.01. The molecule has 1 saturated heterocycles. The topological polar surface area (TPSA) is 95.7 Å². The van der Waals surface area contributed by atoms with Crippen LogP contribution < -0.4 is 4.90 Å². The van der Waals surface area contributed by atoms with Gasteiger partial charge in [0.2, 0.25) is 17.5 Å². The number of carbonyl (C=O) groups is 1. The Kier molecular flexibility index (Phi) is 5.36. The van der Waals surface area contributed by atoms with E-state index < -0.39 is 25.3 Å². The van der Waals surface area contributed by atoms with Gasteiger partial charge in [-0.15, -0.1) is 0 Å². The quantitative estimate of drug-likeness (QED) is 0.778. The number of anilines is 1. The van der Waals surface area contributed by atoms with E-state index >= 15 is 0 Å². The molecule has 3 rings (SSSR count). The molecule has 144 valence electrons. The van der Waals surface area contributed by atoms with Gasteiger partial charge in [-0.2, -0.15) is 23.4 Å². The molecule has 3 heterocycles. The maximum absolute atomic E-state index is 12.1. The molecule has 0 bridgehead atoms. The SMILES string of the molecule is N#Cc1nc(-c2ccco2)oc1N1CCN(C(=O)COCC(F)(F)F)CC1. The summed E-state index contributed by atoms with van der Waals surface area (Å²) in [4.78, 5) is 19.2. The number of aromatic nitrogens is 1. The molecule has 2 aromatic rings. The molecule has 0 aliphatic carbocycles. The summed E-state index contributed by atoms with van der Waals surface area (Å²) in [6, 6.07) is 5.27. The van der Waals surface area contributed by atoms with Crippen LogP contribution in [0, 0.1) is 11.3 Å². The lowest BCUT2D eigenvalue weighted by molar-refractivity contribution is -0.177. The second-order valence-corrected chi connectivity index (χ2v) is 5.74. The summed E-state index contributed by atoms with van der Waals surface area (Å²) in [7, 11) is 0. The summed E-state index contributed by atoms with van der Waals surface area (Å²) in [5, 5.41) is 9.26. The third kappa shape index (κ3) is 4.59. The summed E-state index contributed by atoms with van der Waals surface area (Å²) in [5.41, 5.74) is 0.0923. The zero-order chi connectivity index (χ0) is 19.4. The average Bonchev–Trinajstić information content (AvgIpc) is 3.30. The minimum atomic E-state index is -4.47. The van der Waals surface area contributed by atoms with Gasteiger partial charge in [-0.25, -0.2) is 0 Å². The Hall–Kier alpha value is -3.00. The predicted octanol–water partition coefficient (Wildman–Crippen LogP) is 2.03. The van der Waals surface area contributed by atoms with Gasteiger partial charge in [-0.1, -0.05) is 0 Å². The van der Waals surface area contributed by atoms with Crippen molar-refractivity contribution in [2.75, 3.05) is 44.3 Å². The van der Waals surface area contributed by atoms with E-state index in [0.29, 0.717) is 18.8 Å². The monoisotopic (exact) mass is 384 g/mol. The Bertz CT molecular complexity index is 818. The fourth-order valence-corrected chi connectivity index (χ4v) is 2.61. The number of piperazine rings is 1. The fraction of sp³-hybridized carbons (Fsp3) is 0.438. The van der Waals surface area contributed by atoms with E-state index in [4.69, 9.17) is 8.83 Å². The molecule has 0 unspecified atom stereocenters. The van der Waals surface area contributed by atoms with Crippen LogP contribution in [-0.2, 0) is 9.53 Å². The standard InChI is InChI=1S/C16H15F3N4O4/c17-16(18,19)10-25-9-13(24)22-3-5-23(6-4-22)15-11(8-20)21-14(27-15)12-2-1-7-26-12/h1-2,7H,3-6,9-10H2. The zero-order valence-electron chi connectivity index (χ0n) is 14.0. The number of furan rings is 1. The Labute approximate surface area is 151 Å². The highest BCUT2D eigenvalue weighted by Crippen LogP contribution is 2.29. The van der Waals surface area contributed by atoms with E-state index in [9.17, 15) is 23.2 Å². The molecule has 27 heavy (non-hydrogen) atoms. The van der Waals surface area contributed by atoms with Gasteiger partial charge in [0.25, 0.3) is 5.89 Å². The lowest BCUT2D eigenvalue weighted by atomic mass is 10.3. The van der Waals surface area contributed by atoms with Crippen LogP contribution in [0.2, 0.25) is 0 Å². The molecular formula is C16H15F3N4O4. The third-order valence-electron chi connectivity index (χ3n) is 3.86. The van der Waals surface area contributed by atoms with Gasteiger partial charge >= 0.3 is 6.18 Å².